The third kappa shape index (κ3) is 3.10. The van der Waals surface area contributed by atoms with Gasteiger partial charge in [-0.1, -0.05) is 30.3 Å². The molecular weight excluding hydrogens is 242 g/mol. The first-order valence-electron chi connectivity index (χ1n) is 6.13. The van der Waals surface area contributed by atoms with Gasteiger partial charge in [-0.05, 0) is 42.7 Å². The van der Waals surface area contributed by atoms with Gasteiger partial charge in [-0.2, -0.15) is 10.0 Å². The van der Waals surface area contributed by atoms with Crippen molar-refractivity contribution in [3.8, 4) is 0 Å². The molecule has 0 spiro atoms. The summed E-state index contributed by atoms with van der Waals surface area (Å²) in [5, 5.41) is 2.93. The molecule has 2 rings (SSSR count). The van der Waals surface area contributed by atoms with E-state index in [9.17, 15) is 4.79 Å². The number of allylic oxidation sites excluding steroid dienone is 1. The molecule has 0 saturated carbocycles. The molecular formula is C15H19NOS. The monoisotopic (exact) mass is 261 g/mol. The maximum Gasteiger partial charge on any atom is 0.173 e. The zero-order chi connectivity index (χ0) is 13.0. The van der Waals surface area contributed by atoms with E-state index in [0.717, 1.165) is 36.3 Å². The van der Waals surface area contributed by atoms with Gasteiger partial charge in [0.25, 0.3) is 0 Å². The van der Waals surface area contributed by atoms with Crippen molar-refractivity contribution in [2.45, 2.75) is 19.3 Å². The van der Waals surface area contributed by atoms with E-state index >= 15 is 0 Å². The molecule has 0 fully saturated rings. The van der Waals surface area contributed by atoms with Gasteiger partial charge in [0.1, 0.15) is 5.04 Å². The number of aliphatic imine (C=N–C) groups is 1. The Morgan fingerprint density at radius 3 is 2.50 bits per heavy atom. The van der Waals surface area contributed by atoms with Gasteiger partial charge >= 0.3 is 0 Å². The molecule has 1 aromatic rings. The molecule has 0 amide bonds. The number of nitrogens with zero attached hydrogens (tertiary/aromatic N) is 1. The number of carbonyl (C=O) groups is 1. The molecule has 0 N–H and O–H groups in total. The van der Waals surface area contributed by atoms with Crippen LogP contribution < -0.4 is 0 Å². The molecule has 1 heterocycles. The van der Waals surface area contributed by atoms with E-state index in [0.29, 0.717) is 0 Å². The first-order valence-corrected chi connectivity index (χ1v) is 8.65. The van der Waals surface area contributed by atoms with E-state index in [1.54, 1.807) is 0 Å². The minimum atomic E-state index is -1.06. The highest BCUT2D eigenvalue weighted by Gasteiger charge is 2.23. The Hall–Kier alpha value is -1.35. The summed E-state index contributed by atoms with van der Waals surface area (Å²) >= 11 is 0. The first kappa shape index (κ1) is 13.1. The lowest BCUT2D eigenvalue weighted by Gasteiger charge is -2.20. The second-order valence-electron chi connectivity index (χ2n) is 4.92. The van der Waals surface area contributed by atoms with Crippen LogP contribution in [0.4, 0.5) is 0 Å². The molecule has 0 aliphatic carbocycles. The van der Waals surface area contributed by atoms with Crippen molar-refractivity contribution in [1.82, 2.24) is 0 Å². The van der Waals surface area contributed by atoms with Crippen LogP contribution in [0.5, 0.6) is 0 Å². The van der Waals surface area contributed by atoms with Gasteiger partial charge in [-0.25, -0.2) is 4.99 Å². The lowest BCUT2D eigenvalue weighted by molar-refractivity contribution is -0.102. The summed E-state index contributed by atoms with van der Waals surface area (Å²) in [6, 6.07) is 10.5. The van der Waals surface area contributed by atoms with Crippen LogP contribution in [0.2, 0.25) is 0 Å². The topological polar surface area (TPSA) is 29.4 Å². The van der Waals surface area contributed by atoms with Crippen LogP contribution in [0, 0.1) is 0 Å². The number of aldehydes is 1. The van der Waals surface area contributed by atoms with Gasteiger partial charge in [0.05, 0.1) is 0 Å². The van der Waals surface area contributed by atoms with Crippen LogP contribution in [-0.4, -0.2) is 23.8 Å². The molecule has 3 heteroatoms. The van der Waals surface area contributed by atoms with E-state index in [-0.39, 0.29) is 0 Å². The van der Waals surface area contributed by atoms with E-state index in [2.05, 4.69) is 47.2 Å². The summed E-state index contributed by atoms with van der Waals surface area (Å²) in [7, 11) is -1.06. The van der Waals surface area contributed by atoms with E-state index < -0.39 is 10.0 Å². The van der Waals surface area contributed by atoms with Crippen molar-refractivity contribution < 1.29 is 4.79 Å². The van der Waals surface area contributed by atoms with Gasteiger partial charge in [-0.15, -0.1) is 0 Å². The number of rotatable bonds is 5. The van der Waals surface area contributed by atoms with Crippen LogP contribution in [0.1, 0.15) is 18.4 Å². The van der Waals surface area contributed by atoms with Crippen LogP contribution in [0.3, 0.4) is 0 Å². The average molecular weight is 261 g/mol. The van der Waals surface area contributed by atoms with Crippen LogP contribution >= 0.6 is 10.0 Å². The summed E-state index contributed by atoms with van der Waals surface area (Å²) in [5.41, 5.74) is 2.45. The fourth-order valence-electron chi connectivity index (χ4n) is 2.07. The summed E-state index contributed by atoms with van der Waals surface area (Å²) in [5.74, 6) is 0. The van der Waals surface area contributed by atoms with Crippen LogP contribution in [-0.2, 0) is 11.2 Å². The minimum absolute atomic E-state index is 0.734. The Morgan fingerprint density at radius 2 is 1.89 bits per heavy atom. The van der Waals surface area contributed by atoms with Crippen LogP contribution in [0.25, 0.3) is 0 Å². The largest absolute Gasteiger partial charge is 0.296 e. The Labute approximate surface area is 110 Å². The minimum Gasteiger partial charge on any atom is -0.296 e. The average Bonchev–Trinajstić information content (AvgIpc) is 2.65. The van der Waals surface area contributed by atoms with Crippen molar-refractivity contribution in [3.05, 3.63) is 47.0 Å². The Balaban J connectivity index is 1.89. The number of carbonyl (C=O) groups excluding carboxylic acids is 1. The molecule has 0 aromatic heterocycles. The van der Waals surface area contributed by atoms with Gasteiger partial charge in [0.15, 0.2) is 6.29 Å². The van der Waals surface area contributed by atoms with E-state index in [4.69, 9.17) is 0 Å². The van der Waals surface area contributed by atoms with Gasteiger partial charge in [-0.3, -0.25) is 4.79 Å². The Morgan fingerprint density at radius 1 is 1.17 bits per heavy atom. The molecule has 2 nitrogen and oxygen atoms in total. The fourth-order valence-corrected chi connectivity index (χ4v) is 3.64. The summed E-state index contributed by atoms with van der Waals surface area (Å²) in [4.78, 5) is 15.4. The van der Waals surface area contributed by atoms with E-state index in [1.807, 2.05) is 6.07 Å². The second kappa shape index (κ2) is 5.53. The molecule has 1 aromatic carbocycles. The molecule has 0 radical (unpaired) electrons. The SMILES string of the molecule is CS1(C)C=C(CCCc2ccccc2)N=C1C=O. The predicted octanol–water partition coefficient (Wildman–Crippen LogP) is 3.53. The maximum absolute atomic E-state index is 10.9. The Bertz CT molecular complexity index is 488. The number of hydrogen-bond donors (Lipinski definition) is 0. The van der Waals surface area contributed by atoms with Crippen molar-refractivity contribution >= 4 is 21.4 Å². The number of hydrogen-bond acceptors (Lipinski definition) is 2. The van der Waals surface area contributed by atoms with Gasteiger partial charge in [0.2, 0.25) is 0 Å². The normalized spacial score (nSPS) is 19.0. The number of aryl methyl sites for hydroxylation is 1. The first-order chi connectivity index (χ1) is 8.62. The molecule has 0 atom stereocenters. The highest BCUT2D eigenvalue weighted by atomic mass is 32.3. The van der Waals surface area contributed by atoms with E-state index in [1.165, 1.54) is 5.56 Å². The molecule has 0 unspecified atom stereocenters. The summed E-state index contributed by atoms with van der Waals surface area (Å²) < 4.78 is 0. The molecule has 18 heavy (non-hydrogen) atoms. The van der Waals surface area contributed by atoms with Crippen molar-refractivity contribution in [3.63, 3.8) is 0 Å². The second-order valence-corrected chi connectivity index (χ2v) is 8.39. The fraction of sp³-hybridized carbons (Fsp3) is 0.333. The lowest BCUT2D eigenvalue weighted by Crippen LogP contribution is -2.04. The zero-order valence-electron chi connectivity index (χ0n) is 10.9. The van der Waals surface area contributed by atoms with Gasteiger partial charge in [0, 0.05) is 5.70 Å². The van der Waals surface area contributed by atoms with Crippen LogP contribution in [0.15, 0.2) is 46.4 Å². The zero-order valence-corrected chi connectivity index (χ0v) is 11.7. The lowest BCUT2D eigenvalue weighted by atomic mass is 10.1. The Kier molecular flexibility index (Phi) is 4.02. The molecule has 0 bridgehead atoms. The smallest absolute Gasteiger partial charge is 0.173 e. The third-order valence-electron chi connectivity index (χ3n) is 3.07. The van der Waals surface area contributed by atoms with Crippen molar-refractivity contribution in [1.29, 1.82) is 0 Å². The summed E-state index contributed by atoms with van der Waals surface area (Å²) in [6.45, 7) is 0. The molecule has 0 saturated heterocycles. The quantitative estimate of drug-likeness (QED) is 0.746. The highest BCUT2D eigenvalue weighted by Crippen LogP contribution is 2.48. The highest BCUT2D eigenvalue weighted by molar-refractivity contribution is 8.47. The number of benzene rings is 1. The standard InChI is InChI=1S/C15H19NOS/c1-18(2)12-14(16-15(18)11-17)10-6-9-13-7-4-3-5-8-13/h3-5,7-8,11-12H,6,9-10H2,1-2H3. The molecule has 1 aliphatic rings. The van der Waals surface area contributed by atoms with Crippen molar-refractivity contribution in [2.24, 2.45) is 4.99 Å². The third-order valence-corrected chi connectivity index (χ3v) is 5.19. The van der Waals surface area contributed by atoms with Crippen molar-refractivity contribution in [2.75, 3.05) is 12.5 Å². The molecule has 96 valence electrons. The van der Waals surface area contributed by atoms with Gasteiger partial charge < -0.3 is 0 Å². The molecule has 1 aliphatic heterocycles. The maximum atomic E-state index is 10.9. The predicted molar refractivity (Wildman–Crippen MR) is 80.4 cm³/mol. The summed E-state index contributed by atoms with van der Waals surface area (Å²) in [6.07, 6.45) is 8.26.